The molecule has 0 aromatic carbocycles. The quantitative estimate of drug-likeness (QED) is 0.293. The Balaban J connectivity index is 2.89. The molecule has 0 saturated carbocycles. The van der Waals surface area contributed by atoms with E-state index in [1.165, 1.54) is 82.1 Å². The zero-order chi connectivity index (χ0) is 14.7. The molecule has 20 heavy (non-hydrogen) atoms. The molecule has 0 spiro atoms. The molecular formula is C18H37OS. The Kier molecular flexibility index (Phi) is 19.6. The summed E-state index contributed by atoms with van der Waals surface area (Å²) in [6, 6.07) is 0. The van der Waals surface area contributed by atoms with Crippen LogP contribution in [-0.2, 0) is 4.74 Å². The first-order chi connectivity index (χ1) is 9.91. The summed E-state index contributed by atoms with van der Waals surface area (Å²) >= 11 is 2.11. The topological polar surface area (TPSA) is 9.23 Å². The SMILES string of the molecule is C[CH]CCCOCCCSCCCCCCCCCC. The number of hydrogen-bond donors (Lipinski definition) is 0. The maximum atomic E-state index is 5.59. The highest BCUT2D eigenvalue weighted by molar-refractivity contribution is 7.99. The van der Waals surface area contributed by atoms with Crippen LogP contribution in [0.1, 0.15) is 84.5 Å². The highest BCUT2D eigenvalue weighted by atomic mass is 32.2. The van der Waals surface area contributed by atoms with Crippen LogP contribution in [0.3, 0.4) is 0 Å². The molecule has 0 saturated heterocycles. The fourth-order valence-corrected chi connectivity index (χ4v) is 3.13. The number of thioether (sulfide) groups is 1. The van der Waals surface area contributed by atoms with Gasteiger partial charge >= 0.3 is 0 Å². The van der Waals surface area contributed by atoms with Crippen LogP contribution < -0.4 is 0 Å². The van der Waals surface area contributed by atoms with Crippen molar-refractivity contribution >= 4 is 11.8 Å². The predicted octanol–water partition coefficient (Wildman–Crippen LogP) is 6.27. The van der Waals surface area contributed by atoms with Crippen LogP contribution in [0, 0.1) is 6.42 Å². The molecule has 1 nitrogen and oxygen atoms in total. The minimum atomic E-state index is 0.938. The third kappa shape index (κ3) is 18.3. The molecule has 0 fully saturated rings. The summed E-state index contributed by atoms with van der Waals surface area (Å²) in [5.74, 6) is 2.62. The van der Waals surface area contributed by atoms with Crippen molar-refractivity contribution in [2.24, 2.45) is 0 Å². The van der Waals surface area contributed by atoms with E-state index in [-0.39, 0.29) is 0 Å². The molecule has 0 unspecified atom stereocenters. The van der Waals surface area contributed by atoms with Crippen molar-refractivity contribution < 1.29 is 4.74 Å². The van der Waals surface area contributed by atoms with Gasteiger partial charge in [0.05, 0.1) is 0 Å². The van der Waals surface area contributed by atoms with Gasteiger partial charge in [-0.15, -0.1) is 0 Å². The molecule has 0 bridgehead atoms. The van der Waals surface area contributed by atoms with E-state index in [0.29, 0.717) is 0 Å². The molecule has 0 amide bonds. The lowest BCUT2D eigenvalue weighted by molar-refractivity contribution is 0.133. The van der Waals surface area contributed by atoms with Crippen LogP contribution in [0.5, 0.6) is 0 Å². The highest BCUT2D eigenvalue weighted by Crippen LogP contribution is 2.11. The number of unbranched alkanes of at least 4 members (excludes halogenated alkanes) is 9. The summed E-state index contributed by atoms with van der Waals surface area (Å²) in [6.45, 7) is 6.29. The lowest BCUT2D eigenvalue weighted by Crippen LogP contribution is -1.98. The Morgan fingerprint density at radius 2 is 1.35 bits per heavy atom. The first kappa shape index (κ1) is 20.3. The summed E-state index contributed by atoms with van der Waals surface area (Å²) in [4.78, 5) is 0. The summed E-state index contributed by atoms with van der Waals surface area (Å²) in [5.41, 5.74) is 0. The van der Waals surface area contributed by atoms with Crippen LogP contribution in [0.25, 0.3) is 0 Å². The van der Waals surface area contributed by atoms with Crippen molar-refractivity contribution in [1.29, 1.82) is 0 Å². The number of ether oxygens (including phenoxy) is 1. The fourth-order valence-electron chi connectivity index (χ4n) is 2.19. The minimum Gasteiger partial charge on any atom is -0.381 e. The lowest BCUT2D eigenvalue weighted by atomic mass is 10.1. The largest absolute Gasteiger partial charge is 0.381 e. The highest BCUT2D eigenvalue weighted by Gasteiger charge is 1.94. The normalized spacial score (nSPS) is 11.1. The molecule has 0 atom stereocenters. The lowest BCUT2D eigenvalue weighted by Gasteiger charge is -2.04. The minimum absolute atomic E-state index is 0.938. The van der Waals surface area contributed by atoms with Gasteiger partial charge in [0, 0.05) is 13.2 Å². The maximum absolute atomic E-state index is 5.59. The van der Waals surface area contributed by atoms with Crippen molar-refractivity contribution in [2.75, 3.05) is 24.7 Å². The molecule has 0 rings (SSSR count). The third-order valence-corrected chi connectivity index (χ3v) is 4.66. The van der Waals surface area contributed by atoms with E-state index in [2.05, 4.69) is 32.0 Å². The van der Waals surface area contributed by atoms with Crippen molar-refractivity contribution in [1.82, 2.24) is 0 Å². The van der Waals surface area contributed by atoms with Gasteiger partial charge in [-0.05, 0) is 43.6 Å². The first-order valence-electron chi connectivity index (χ1n) is 8.85. The third-order valence-electron chi connectivity index (χ3n) is 3.50. The van der Waals surface area contributed by atoms with Gasteiger partial charge in [0.2, 0.25) is 0 Å². The van der Waals surface area contributed by atoms with Crippen molar-refractivity contribution in [3.05, 3.63) is 6.42 Å². The smallest absolute Gasteiger partial charge is 0.0473 e. The van der Waals surface area contributed by atoms with Crippen molar-refractivity contribution in [3.8, 4) is 0 Å². The standard InChI is InChI=1S/C18H37OS/c1-3-5-7-8-9-10-11-13-17-20-18-14-16-19-15-12-6-4-2/h4H,3,5-18H2,1-2H3. The molecule has 0 N–H and O–H groups in total. The monoisotopic (exact) mass is 301 g/mol. The summed E-state index contributed by atoms with van der Waals surface area (Å²) in [6.07, 6.45) is 17.2. The van der Waals surface area contributed by atoms with Crippen LogP contribution in [0.15, 0.2) is 0 Å². The summed E-state index contributed by atoms with van der Waals surface area (Å²) < 4.78 is 5.59. The van der Waals surface area contributed by atoms with Crippen LogP contribution >= 0.6 is 11.8 Å². The van der Waals surface area contributed by atoms with Gasteiger partial charge in [-0.1, -0.05) is 58.8 Å². The molecular weight excluding hydrogens is 264 g/mol. The Morgan fingerprint density at radius 1 is 0.750 bits per heavy atom. The first-order valence-corrected chi connectivity index (χ1v) is 10.0. The summed E-state index contributed by atoms with van der Waals surface area (Å²) in [5, 5.41) is 0. The second-order valence-electron chi connectivity index (χ2n) is 5.60. The van der Waals surface area contributed by atoms with E-state index < -0.39 is 0 Å². The second kappa shape index (κ2) is 19.3. The van der Waals surface area contributed by atoms with Gasteiger partial charge in [0.25, 0.3) is 0 Å². The Bertz CT molecular complexity index is 143. The Morgan fingerprint density at radius 3 is 2.05 bits per heavy atom. The van der Waals surface area contributed by atoms with Crippen molar-refractivity contribution in [3.63, 3.8) is 0 Å². The molecule has 0 aromatic rings. The number of hydrogen-bond acceptors (Lipinski definition) is 2. The van der Waals surface area contributed by atoms with Gasteiger partial charge in [-0.3, -0.25) is 0 Å². The van der Waals surface area contributed by atoms with Gasteiger partial charge in [0.15, 0.2) is 0 Å². The van der Waals surface area contributed by atoms with E-state index in [9.17, 15) is 0 Å². The molecule has 0 aliphatic heterocycles. The van der Waals surface area contributed by atoms with Crippen molar-refractivity contribution in [2.45, 2.75) is 84.5 Å². The van der Waals surface area contributed by atoms with Crippen LogP contribution in [0.4, 0.5) is 0 Å². The Labute approximate surface area is 132 Å². The molecule has 0 aliphatic carbocycles. The molecule has 0 heterocycles. The molecule has 0 aromatic heterocycles. The zero-order valence-electron chi connectivity index (χ0n) is 14.0. The van der Waals surface area contributed by atoms with E-state index in [1.54, 1.807) is 0 Å². The van der Waals surface area contributed by atoms with E-state index in [0.717, 1.165) is 13.2 Å². The van der Waals surface area contributed by atoms with E-state index >= 15 is 0 Å². The molecule has 1 radical (unpaired) electrons. The Hall–Kier alpha value is 0.310. The maximum Gasteiger partial charge on any atom is 0.0473 e. The molecule has 2 heteroatoms. The average molecular weight is 302 g/mol. The molecule has 121 valence electrons. The van der Waals surface area contributed by atoms with Gasteiger partial charge < -0.3 is 4.74 Å². The van der Waals surface area contributed by atoms with Gasteiger partial charge in [-0.2, -0.15) is 11.8 Å². The molecule has 0 aliphatic rings. The second-order valence-corrected chi connectivity index (χ2v) is 6.83. The van der Waals surface area contributed by atoms with E-state index in [4.69, 9.17) is 4.74 Å². The predicted molar refractivity (Wildman–Crippen MR) is 94.6 cm³/mol. The number of rotatable bonds is 17. The van der Waals surface area contributed by atoms with Gasteiger partial charge in [-0.25, -0.2) is 0 Å². The zero-order valence-corrected chi connectivity index (χ0v) is 14.8. The van der Waals surface area contributed by atoms with E-state index in [1.807, 2.05) is 0 Å². The average Bonchev–Trinajstić information content (AvgIpc) is 2.47. The van der Waals surface area contributed by atoms with Gasteiger partial charge in [0.1, 0.15) is 0 Å². The fraction of sp³-hybridized carbons (Fsp3) is 0.944. The van der Waals surface area contributed by atoms with Crippen LogP contribution in [-0.4, -0.2) is 24.7 Å². The van der Waals surface area contributed by atoms with Crippen LogP contribution in [0.2, 0.25) is 0 Å². The summed E-state index contributed by atoms with van der Waals surface area (Å²) in [7, 11) is 0.